The summed E-state index contributed by atoms with van der Waals surface area (Å²) < 4.78 is 4.61. The van der Waals surface area contributed by atoms with E-state index in [1.165, 1.54) is 13.3 Å². The highest BCUT2D eigenvalue weighted by Crippen LogP contribution is 2.17. The minimum atomic E-state index is -0.450. The molecule has 0 fully saturated rings. The van der Waals surface area contributed by atoms with Gasteiger partial charge >= 0.3 is 5.97 Å². The molecule has 98 valence electrons. The normalized spacial score (nSPS) is 9.95. The van der Waals surface area contributed by atoms with Crippen molar-refractivity contribution in [3.8, 4) is 0 Å². The third-order valence-corrected chi connectivity index (χ3v) is 2.64. The predicted molar refractivity (Wildman–Crippen MR) is 73.8 cm³/mol. The van der Waals surface area contributed by atoms with E-state index in [0.717, 1.165) is 5.56 Å². The first kappa shape index (κ1) is 12.9. The quantitative estimate of drug-likeness (QED) is 0.820. The second kappa shape index (κ2) is 5.86. The third kappa shape index (κ3) is 3.22. The molecule has 2 rings (SSSR count). The zero-order valence-electron chi connectivity index (χ0n) is 10.6. The average molecular weight is 257 g/mol. The molecule has 5 nitrogen and oxygen atoms in total. The van der Waals surface area contributed by atoms with Crippen LogP contribution in [0.1, 0.15) is 15.9 Å². The lowest BCUT2D eigenvalue weighted by Gasteiger charge is -2.09. The summed E-state index contributed by atoms with van der Waals surface area (Å²) in [4.78, 5) is 15.4. The van der Waals surface area contributed by atoms with Crippen molar-refractivity contribution in [1.82, 2.24) is 4.98 Å². The van der Waals surface area contributed by atoms with Gasteiger partial charge in [-0.1, -0.05) is 30.3 Å². The number of benzene rings is 1. The largest absolute Gasteiger partial charge is 0.465 e. The smallest absolute Gasteiger partial charge is 0.339 e. The summed E-state index contributed by atoms with van der Waals surface area (Å²) in [5, 5.41) is 3.13. The fraction of sp³-hybridized carbons (Fsp3) is 0.143. The summed E-state index contributed by atoms with van der Waals surface area (Å²) in [5.41, 5.74) is 7.72. The Morgan fingerprint density at radius 3 is 2.74 bits per heavy atom. The Morgan fingerprint density at radius 2 is 2.11 bits per heavy atom. The molecule has 0 atom stereocenters. The van der Waals surface area contributed by atoms with Crippen molar-refractivity contribution in [2.24, 2.45) is 0 Å². The van der Waals surface area contributed by atoms with Gasteiger partial charge in [0.25, 0.3) is 0 Å². The molecule has 1 heterocycles. The molecular formula is C14H15N3O2. The van der Waals surface area contributed by atoms with Gasteiger partial charge in [-0.25, -0.2) is 9.78 Å². The van der Waals surface area contributed by atoms with E-state index in [4.69, 9.17) is 5.73 Å². The van der Waals surface area contributed by atoms with Crippen LogP contribution in [0.4, 0.5) is 11.5 Å². The number of nitrogens with two attached hydrogens (primary N) is 1. The van der Waals surface area contributed by atoms with Crippen molar-refractivity contribution in [3.63, 3.8) is 0 Å². The van der Waals surface area contributed by atoms with Crippen molar-refractivity contribution in [1.29, 1.82) is 0 Å². The maximum absolute atomic E-state index is 11.3. The first-order valence-electron chi connectivity index (χ1n) is 5.82. The third-order valence-electron chi connectivity index (χ3n) is 2.64. The second-order valence-electron chi connectivity index (χ2n) is 3.99. The number of esters is 1. The maximum Gasteiger partial charge on any atom is 0.339 e. The van der Waals surface area contributed by atoms with Crippen molar-refractivity contribution in [2.45, 2.75) is 6.54 Å². The molecule has 1 aromatic carbocycles. The fourth-order valence-corrected chi connectivity index (χ4v) is 1.64. The zero-order chi connectivity index (χ0) is 13.7. The summed E-state index contributed by atoms with van der Waals surface area (Å²) in [6.07, 6.45) is 1.44. The Morgan fingerprint density at radius 1 is 1.37 bits per heavy atom. The highest BCUT2D eigenvalue weighted by Gasteiger charge is 2.09. The number of ether oxygens (including phenoxy) is 1. The molecule has 0 saturated heterocycles. The van der Waals surface area contributed by atoms with Crippen molar-refractivity contribution in [2.75, 3.05) is 18.2 Å². The molecule has 1 aromatic heterocycles. The van der Waals surface area contributed by atoms with Crippen molar-refractivity contribution >= 4 is 17.5 Å². The summed E-state index contributed by atoms with van der Waals surface area (Å²) in [5.74, 6) is 0.102. The first-order chi connectivity index (χ1) is 9.20. The van der Waals surface area contributed by atoms with E-state index in [2.05, 4.69) is 15.0 Å². The number of pyridine rings is 1. The molecule has 0 amide bonds. The predicted octanol–water partition coefficient (Wildman–Crippen LogP) is 2.06. The molecule has 0 radical (unpaired) electrons. The van der Waals surface area contributed by atoms with Crippen LogP contribution < -0.4 is 11.1 Å². The number of anilines is 2. The van der Waals surface area contributed by atoms with E-state index in [-0.39, 0.29) is 0 Å². The van der Waals surface area contributed by atoms with E-state index >= 15 is 0 Å². The Bertz CT molecular complexity index is 570. The van der Waals surface area contributed by atoms with E-state index in [1.54, 1.807) is 6.07 Å². The molecule has 0 aliphatic heterocycles. The molecule has 0 bridgehead atoms. The number of carbonyl (C=O) groups excluding carboxylic acids is 1. The standard InChI is InChI=1S/C14H15N3O2/c1-19-14(18)11-7-12(15)13(17-9-11)16-8-10-5-3-2-4-6-10/h2-7,9H,8,15H2,1H3,(H,16,17). The number of carbonyl (C=O) groups is 1. The van der Waals surface area contributed by atoms with Gasteiger partial charge in [-0.2, -0.15) is 0 Å². The summed E-state index contributed by atoms with van der Waals surface area (Å²) in [6, 6.07) is 11.5. The number of nitrogen functional groups attached to an aromatic ring is 1. The van der Waals surface area contributed by atoms with Crippen LogP contribution in [0.3, 0.4) is 0 Å². The van der Waals surface area contributed by atoms with Crippen LogP contribution in [-0.4, -0.2) is 18.1 Å². The number of nitrogens with zero attached hydrogens (tertiary/aromatic N) is 1. The Kier molecular flexibility index (Phi) is 3.97. The Hall–Kier alpha value is -2.56. The summed E-state index contributed by atoms with van der Waals surface area (Å²) in [6.45, 7) is 0.621. The molecule has 5 heteroatoms. The van der Waals surface area contributed by atoms with Gasteiger partial charge in [0.05, 0.1) is 18.4 Å². The van der Waals surface area contributed by atoms with Crippen LogP contribution in [0.2, 0.25) is 0 Å². The van der Waals surface area contributed by atoms with Crippen LogP contribution in [-0.2, 0) is 11.3 Å². The fourth-order valence-electron chi connectivity index (χ4n) is 1.64. The topological polar surface area (TPSA) is 77.2 Å². The van der Waals surface area contributed by atoms with Gasteiger partial charge in [0.2, 0.25) is 0 Å². The summed E-state index contributed by atoms with van der Waals surface area (Å²) in [7, 11) is 1.32. The lowest BCUT2D eigenvalue weighted by molar-refractivity contribution is 0.0600. The maximum atomic E-state index is 11.3. The van der Waals surface area contributed by atoms with E-state index in [9.17, 15) is 4.79 Å². The molecule has 19 heavy (non-hydrogen) atoms. The van der Waals surface area contributed by atoms with Crippen LogP contribution in [0.25, 0.3) is 0 Å². The molecule has 0 unspecified atom stereocenters. The van der Waals surface area contributed by atoms with E-state index in [0.29, 0.717) is 23.6 Å². The number of rotatable bonds is 4. The zero-order valence-corrected chi connectivity index (χ0v) is 10.6. The van der Waals surface area contributed by atoms with Gasteiger partial charge in [0.15, 0.2) is 0 Å². The monoisotopic (exact) mass is 257 g/mol. The molecule has 0 spiro atoms. The molecule has 0 aliphatic rings. The number of methoxy groups -OCH3 is 1. The van der Waals surface area contributed by atoms with Gasteiger partial charge in [-0.05, 0) is 11.6 Å². The van der Waals surface area contributed by atoms with E-state index < -0.39 is 5.97 Å². The van der Waals surface area contributed by atoms with E-state index in [1.807, 2.05) is 30.3 Å². The number of hydrogen-bond acceptors (Lipinski definition) is 5. The summed E-state index contributed by atoms with van der Waals surface area (Å²) >= 11 is 0. The van der Waals surface area contributed by atoms with Crippen LogP contribution in [0, 0.1) is 0 Å². The molecule has 2 aromatic rings. The SMILES string of the molecule is COC(=O)c1cnc(NCc2ccccc2)c(N)c1. The van der Waals surface area contributed by atoms with Gasteiger partial charge < -0.3 is 15.8 Å². The minimum absolute atomic E-state index is 0.338. The van der Waals surface area contributed by atoms with Gasteiger partial charge in [-0.3, -0.25) is 0 Å². The Labute approximate surface area is 111 Å². The molecular weight excluding hydrogens is 242 g/mol. The lowest BCUT2D eigenvalue weighted by atomic mass is 10.2. The van der Waals surface area contributed by atoms with Crippen LogP contribution in [0.5, 0.6) is 0 Å². The molecule has 3 N–H and O–H groups in total. The minimum Gasteiger partial charge on any atom is -0.465 e. The highest BCUT2D eigenvalue weighted by atomic mass is 16.5. The van der Waals surface area contributed by atoms with Gasteiger partial charge in [0.1, 0.15) is 5.82 Å². The highest BCUT2D eigenvalue weighted by molar-refractivity contribution is 5.90. The lowest BCUT2D eigenvalue weighted by Crippen LogP contribution is -2.08. The first-order valence-corrected chi connectivity index (χ1v) is 5.82. The second-order valence-corrected chi connectivity index (χ2v) is 3.99. The number of hydrogen-bond donors (Lipinski definition) is 2. The van der Waals surface area contributed by atoms with Gasteiger partial charge in [-0.15, -0.1) is 0 Å². The van der Waals surface area contributed by atoms with Crippen LogP contribution >= 0.6 is 0 Å². The molecule has 0 aliphatic carbocycles. The Balaban J connectivity index is 2.07. The number of aromatic nitrogens is 1. The van der Waals surface area contributed by atoms with Crippen molar-refractivity contribution < 1.29 is 9.53 Å². The van der Waals surface area contributed by atoms with Gasteiger partial charge in [0, 0.05) is 12.7 Å². The van der Waals surface area contributed by atoms with Crippen molar-refractivity contribution in [3.05, 3.63) is 53.7 Å². The average Bonchev–Trinajstić information content (AvgIpc) is 2.46. The van der Waals surface area contributed by atoms with Crippen LogP contribution in [0.15, 0.2) is 42.6 Å². The molecule has 0 saturated carbocycles. The number of nitrogens with one attached hydrogen (secondary N) is 1.